The van der Waals surface area contributed by atoms with Crippen molar-refractivity contribution in [1.29, 1.82) is 0 Å². The van der Waals surface area contributed by atoms with E-state index < -0.39 is 0 Å². The summed E-state index contributed by atoms with van der Waals surface area (Å²) in [5.74, 6) is 0.411. The molecule has 0 N–H and O–H groups in total. The molecule has 6 rings (SSSR count). The Hall–Kier alpha value is -3.58. The second kappa shape index (κ2) is 6.74. The highest BCUT2D eigenvalue weighted by Gasteiger charge is 2.36. The third-order valence-electron chi connectivity index (χ3n) is 6.44. The molecule has 0 bridgehead atoms. The van der Waals surface area contributed by atoms with Gasteiger partial charge in [-0.1, -0.05) is 90.5 Å². The zero-order valence-electron chi connectivity index (χ0n) is 17.0. The Morgan fingerprint density at radius 2 is 1.47 bits per heavy atom. The molecule has 4 aromatic rings. The second-order valence-electron chi connectivity index (χ2n) is 8.28. The molecule has 0 saturated carbocycles. The third-order valence-corrected chi connectivity index (χ3v) is 6.44. The first-order valence-electron chi connectivity index (χ1n) is 10.7. The fourth-order valence-electron chi connectivity index (χ4n) is 4.94. The summed E-state index contributed by atoms with van der Waals surface area (Å²) in [6.45, 7) is 2.14. The summed E-state index contributed by atoms with van der Waals surface area (Å²) < 4.78 is 0. The smallest absolute Gasteiger partial charge is 0.0537 e. The Morgan fingerprint density at radius 3 is 2.37 bits per heavy atom. The van der Waals surface area contributed by atoms with Crippen molar-refractivity contribution in [1.82, 2.24) is 0 Å². The molecule has 144 valence electrons. The van der Waals surface area contributed by atoms with Gasteiger partial charge < -0.3 is 4.90 Å². The molecular weight excluding hydrogens is 362 g/mol. The number of anilines is 2. The minimum Gasteiger partial charge on any atom is -0.313 e. The molecular formula is C29H23N. The van der Waals surface area contributed by atoms with Crippen LogP contribution in [0.25, 0.3) is 16.3 Å². The Morgan fingerprint density at radius 1 is 0.733 bits per heavy atom. The predicted octanol–water partition coefficient (Wildman–Crippen LogP) is 7.75. The highest BCUT2D eigenvalue weighted by atomic mass is 15.2. The third kappa shape index (κ3) is 2.63. The first kappa shape index (κ1) is 17.3. The van der Waals surface area contributed by atoms with Gasteiger partial charge in [-0.05, 0) is 53.6 Å². The lowest BCUT2D eigenvalue weighted by molar-refractivity contribution is 0.823. The highest BCUT2D eigenvalue weighted by molar-refractivity contribution is 5.99. The molecule has 1 unspecified atom stereocenters. The van der Waals surface area contributed by atoms with Crippen LogP contribution in [0.15, 0.2) is 109 Å². The van der Waals surface area contributed by atoms with Crippen LogP contribution >= 0.6 is 0 Å². The number of fused-ring (bicyclic) bond motifs is 4. The summed E-state index contributed by atoms with van der Waals surface area (Å²) in [4.78, 5) is 2.49. The average molecular weight is 386 g/mol. The lowest BCUT2D eigenvalue weighted by atomic mass is 9.87. The highest BCUT2D eigenvalue weighted by Crippen LogP contribution is 2.52. The van der Waals surface area contributed by atoms with Gasteiger partial charge in [-0.15, -0.1) is 0 Å². The van der Waals surface area contributed by atoms with Gasteiger partial charge in [0.25, 0.3) is 0 Å². The lowest BCUT2D eigenvalue weighted by Gasteiger charge is -2.27. The van der Waals surface area contributed by atoms with Gasteiger partial charge in [-0.25, -0.2) is 0 Å². The van der Waals surface area contributed by atoms with E-state index in [-0.39, 0.29) is 0 Å². The number of hydrogen-bond donors (Lipinski definition) is 0. The fourth-order valence-corrected chi connectivity index (χ4v) is 4.94. The summed E-state index contributed by atoms with van der Waals surface area (Å²) in [7, 11) is 0. The van der Waals surface area contributed by atoms with Crippen molar-refractivity contribution in [3.63, 3.8) is 0 Å². The minimum atomic E-state index is 0.411. The summed E-state index contributed by atoms with van der Waals surface area (Å²) in [6, 6.07) is 33.1. The molecule has 1 atom stereocenters. The van der Waals surface area contributed by atoms with E-state index in [0.29, 0.717) is 5.92 Å². The average Bonchev–Trinajstić information content (AvgIpc) is 3.13. The van der Waals surface area contributed by atoms with E-state index in [9.17, 15) is 0 Å². The van der Waals surface area contributed by atoms with Crippen LogP contribution in [0.4, 0.5) is 11.4 Å². The van der Waals surface area contributed by atoms with Crippen LogP contribution in [-0.2, 0) is 0 Å². The van der Waals surface area contributed by atoms with Crippen molar-refractivity contribution in [3.8, 4) is 0 Å². The molecule has 0 radical (unpaired) electrons. The van der Waals surface area contributed by atoms with Gasteiger partial charge in [-0.3, -0.25) is 0 Å². The van der Waals surface area contributed by atoms with Gasteiger partial charge in [0.05, 0.1) is 5.69 Å². The van der Waals surface area contributed by atoms with Crippen LogP contribution in [0.2, 0.25) is 0 Å². The van der Waals surface area contributed by atoms with Crippen LogP contribution in [0.1, 0.15) is 29.0 Å². The largest absolute Gasteiger partial charge is 0.313 e. The molecule has 0 aromatic heterocycles. The van der Waals surface area contributed by atoms with Crippen LogP contribution in [0.3, 0.4) is 0 Å². The van der Waals surface area contributed by atoms with Crippen molar-refractivity contribution < 1.29 is 0 Å². The van der Waals surface area contributed by atoms with Gasteiger partial charge in [0, 0.05) is 22.7 Å². The van der Waals surface area contributed by atoms with Gasteiger partial charge in [0.1, 0.15) is 0 Å². The predicted molar refractivity (Wildman–Crippen MR) is 127 cm³/mol. The first-order valence-corrected chi connectivity index (χ1v) is 10.7. The molecule has 1 heterocycles. The number of allylic oxidation sites excluding steroid dienone is 4. The van der Waals surface area contributed by atoms with E-state index in [2.05, 4.69) is 115 Å². The van der Waals surface area contributed by atoms with E-state index in [4.69, 9.17) is 0 Å². The molecule has 1 aliphatic carbocycles. The summed E-state index contributed by atoms with van der Waals surface area (Å²) in [6.07, 6.45) is 5.84. The van der Waals surface area contributed by atoms with E-state index >= 15 is 0 Å². The fraction of sp³-hybridized carbons (Fsp3) is 0.103. The molecule has 4 aromatic carbocycles. The maximum absolute atomic E-state index is 2.49. The van der Waals surface area contributed by atoms with Crippen molar-refractivity contribution in [2.45, 2.75) is 19.3 Å². The van der Waals surface area contributed by atoms with Gasteiger partial charge in [-0.2, -0.15) is 0 Å². The second-order valence-corrected chi connectivity index (χ2v) is 8.28. The SMILES string of the molecule is Cc1ccc(C2=CCC3C(=C2)N(c2cccc4ccccc24)c2ccccc23)cc1. The molecule has 1 nitrogen and oxygen atoms in total. The molecule has 0 fully saturated rings. The van der Waals surface area contributed by atoms with E-state index in [1.165, 1.54) is 50.1 Å². The Kier molecular flexibility index (Phi) is 3.89. The Labute approximate surface area is 177 Å². The van der Waals surface area contributed by atoms with Crippen molar-refractivity contribution in [2.24, 2.45) is 0 Å². The maximum Gasteiger partial charge on any atom is 0.0537 e. The van der Waals surface area contributed by atoms with Crippen LogP contribution in [-0.4, -0.2) is 0 Å². The zero-order valence-corrected chi connectivity index (χ0v) is 17.0. The molecule has 1 aliphatic heterocycles. The van der Waals surface area contributed by atoms with Gasteiger partial charge in [0.15, 0.2) is 0 Å². The first-order chi connectivity index (χ1) is 14.8. The standard InChI is InChI=1S/C29H23N/c1-20-13-15-21(16-14-20)23-17-18-26-25-10-4-5-11-28(25)30(29(26)19-23)27-12-6-8-22-7-2-3-9-24(22)27/h2-17,19,26H,18H2,1H3. The van der Waals surface area contributed by atoms with Crippen LogP contribution < -0.4 is 4.90 Å². The molecule has 1 heteroatoms. The molecule has 0 spiro atoms. The number of benzene rings is 4. The number of hydrogen-bond acceptors (Lipinski definition) is 1. The number of rotatable bonds is 2. The summed E-state index contributed by atoms with van der Waals surface area (Å²) in [5.41, 5.74) is 9.29. The van der Waals surface area contributed by atoms with Crippen LogP contribution in [0.5, 0.6) is 0 Å². The van der Waals surface area contributed by atoms with Gasteiger partial charge >= 0.3 is 0 Å². The molecule has 0 saturated heterocycles. The van der Waals surface area contributed by atoms with Gasteiger partial charge in [0.2, 0.25) is 0 Å². The number of para-hydroxylation sites is 1. The number of aryl methyl sites for hydroxylation is 1. The number of nitrogens with zero attached hydrogens (tertiary/aromatic N) is 1. The Bertz CT molecular complexity index is 1320. The monoisotopic (exact) mass is 385 g/mol. The zero-order chi connectivity index (χ0) is 20.1. The minimum absolute atomic E-state index is 0.411. The molecule has 2 aliphatic rings. The van der Waals surface area contributed by atoms with Crippen molar-refractivity contribution >= 4 is 27.7 Å². The van der Waals surface area contributed by atoms with Crippen LogP contribution in [0, 0.1) is 6.92 Å². The molecule has 0 amide bonds. The lowest BCUT2D eigenvalue weighted by Crippen LogP contribution is -2.15. The quantitative estimate of drug-likeness (QED) is 0.341. The van der Waals surface area contributed by atoms with Crippen molar-refractivity contribution in [2.75, 3.05) is 4.90 Å². The Balaban J connectivity index is 1.55. The summed E-state index contributed by atoms with van der Waals surface area (Å²) >= 11 is 0. The van der Waals surface area contributed by atoms with E-state index in [1.807, 2.05) is 0 Å². The maximum atomic E-state index is 2.49. The van der Waals surface area contributed by atoms with E-state index in [0.717, 1.165) is 6.42 Å². The van der Waals surface area contributed by atoms with E-state index in [1.54, 1.807) is 0 Å². The molecule has 30 heavy (non-hydrogen) atoms. The van der Waals surface area contributed by atoms with Crippen molar-refractivity contribution in [3.05, 3.63) is 126 Å². The topological polar surface area (TPSA) is 3.24 Å². The normalized spacial score (nSPS) is 17.4. The summed E-state index contributed by atoms with van der Waals surface area (Å²) in [5, 5.41) is 2.57.